The van der Waals surface area contributed by atoms with Crippen LogP contribution >= 0.6 is 12.4 Å². The topological polar surface area (TPSA) is 87.5 Å². The Bertz CT molecular complexity index is 2030. The number of carbonyl (C=O) groups is 1. The molecule has 226 valence electrons. The molecule has 11 heteroatoms. The van der Waals surface area contributed by atoms with Crippen molar-refractivity contribution >= 4 is 41.3 Å². The van der Waals surface area contributed by atoms with Crippen LogP contribution in [0.3, 0.4) is 0 Å². The quantitative estimate of drug-likeness (QED) is 0.205. The fraction of sp³-hybridized carbons (Fsp3) is 0.118. The van der Waals surface area contributed by atoms with E-state index in [4.69, 9.17) is 9.97 Å². The Morgan fingerprint density at radius 3 is 2.56 bits per heavy atom. The highest BCUT2D eigenvalue weighted by molar-refractivity contribution is 6.05. The number of carbonyl (C=O) groups excluding carboxylic acids is 1. The zero-order chi connectivity index (χ0) is 30.2. The molecule has 1 aliphatic rings. The maximum atomic E-state index is 14.2. The number of imidazole rings is 1. The second-order valence-corrected chi connectivity index (χ2v) is 10.7. The van der Waals surface area contributed by atoms with Crippen LogP contribution in [0.5, 0.6) is 0 Å². The van der Waals surface area contributed by atoms with Crippen molar-refractivity contribution in [1.29, 1.82) is 0 Å². The first kappa shape index (κ1) is 29.9. The van der Waals surface area contributed by atoms with Gasteiger partial charge >= 0.3 is 0 Å². The van der Waals surface area contributed by atoms with Gasteiger partial charge in [0.15, 0.2) is 0 Å². The van der Waals surface area contributed by atoms with Crippen LogP contribution in [0.2, 0.25) is 0 Å². The molecule has 3 aromatic carbocycles. The predicted molar refractivity (Wildman–Crippen MR) is 173 cm³/mol. The number of nitrogens with one attached hydrogen (secondary N) is 2. The first-order valence-electron chi connectivity index (χ1n) is 14.2. The fourth-order valence-corrected chi connectivity index (χ4v) is 5.51. The minimum Gasteiger partial charge on any atom is -0.324 e. The van der Waals surface area contributed by atoms with Crippen LogP contribution in [-0.4, -0.2) is 43.8 Å². The summed E-state index contributed by atoms with van der Waals surface area (Å²) >= 11 is 0. The van der Waals surface area contributed by atoms with E-state index in [1.165, 1.54) is 17.2 Å². The fourth-order valence-electron chi connectivity index (χ4n) is 5.51. The van der Waals surface area contributed by atoms with Crippen LogP contribution in [0.1, 0.15) is 21.5 Å². The summed E-state index contributed by atoms with van der Waals surface area (Å²) in [5, 5.41) is 5.70. The number of hydrogen-bond donors (Lipinski definition) is 2. The number of nitrogens with zero attached hydrogens (tertiary/aromatic N) is 5. The highest BCUT2D eigenvalue weighted by Crippen LogP contribution is 2.33. The van der Waals surface area contributed by atoms with Crippen molar-refractivity contribution < 1.29 is 13.6 Å². The smallest absolute Gasteiger partial charge is 0.255 e. The van der Waals surface area contributed by atoms with Crippen LogP contribution in [-0.2, 0) is 13.0 Å². The molecule has 1 aliphatic heterocycles. The van der Waals surface area contributed by atoms with Gasteiger partial charge in [-0.1, -0.05) is 30.3 Å². The van der Waals surface area contributed by atoms with Gasteiger partial charge in [0.2, 0.25) is 5.95 Å². The van der Waals surface area contributed by atoms with Gasteiger partial charge in [0.25, 0.3) is 5.91 Å². The molecule has 3 aromatic heterocycles. The van der Waals surface area contributed by atoms with Crippen molar-refractivity contribution in [3.8, 4) is 22.6 Å². The average Bonchev–Trinajstić information content (AvgIpc) is 3.43. The highest BCUT2D eigenvalue weighted by Gasteiger charge is 2.20. The molecule has 0 saturated heterocycles. The number of rotatable bonds is 6. The van der Waals surface area contributed by atoms with Gasteiger partial charge in [0, 0.05) is 42.3 Å². The molecule has 0 aliphatic carbocycles. The van der Waals surface area contributed by atoms with E-state index in [9.17, 15) is 13.6 Å². The Balaban J connectivity index is 0.00000357. The number of anilines is 3. The van der Waals surface area contributed by atoms with E-state index < -0.39 is 23.2 Å². The minimum absolute atomic E-state index is 0. The zero-order valence-corrected chi connectivity index (χ0v) is 25.0. The number of halogens is 3. The lowest BCUT2D eigenvalue weighted by Crippen LogP contribution is -2.26. The van der Waals surface area contributed by atoms with E-state index in [1.54, 1.807) is 24.4 Å². The molecule has 7 rings (SSSR count). The minimum atomic E-state index is -0.854. The number of benzene rings is 3. The number of pyridine rings is 1. The molecule has 0 bridgehead atoms. The summed E-state index contributed by atoms with van der Waals surface area (Å²) in [6, 6.07) is 24.0. The lowest BCUT2D eigenvalue weighted by atomic mass is 9.99. The van der Waals surface area contributed by atoms with Gasteiger partial charge in [-0.2, -0.15) is 0 Å². The third-order valence-electron chi connectivity index (χ3n) is 7.69. The van der Waals surface area contributed by atoms with Gasteiger partial charge < -0.3 is 15.5 Å². The largest absolute Gasteiger partial charge is 0.324 e. The number of likely N-dealkylation sites (N-methyl/N-ethyl adjacent to an activating group) is 1. The molecule has 6 aromatic rings. The molecule has 1 amide bonds. The molecule has 4 heterocycles. The van der Waals surface area contributed by atoms with Crippen LogP contribution in [0.4, 0.5) is 26.1 Å². The summed E-state index contributed by atoms with van der Waals surface area (Å²) in [6.45, 7) is 1.94. The third-order valence-corrected chi connectivity index (χ3v) is 7.69. The van der Waals surface area contributed by atoms with Gasteiger partial charge in [-0.05, 0) is 79.2 Å². The van der Waals surface area contributed by atoms with Gasteiger partial charge in [-0.15, -0.1) is 12.4 Å². The van der Waals surface area contributed by atoms with Gasteiger partial charge in [0.05, 0.1) is 17.1 Å². The Morgan fingerprint density at radius 1 is 0.889 bits per heavy atom. The molecule has 0 atom stereocenters. The lowest BCUT2D eigenvalue weighted by molar-refractivity contribution is 0.102. The lowest BCUT2D eigenvalue weighted by Gasteiger charge is -2.25. The Morgan fingerprint density at radius 2 is 1.71 bits per heavy atom. The Hall–Kier alpha value is -5.19. The Labute approximate surface area is 264 Å². The number of fused-ring (bicyclic) bond motifs is 2. The second-order valence-electron chi connectivity index (χ2n) is 10.7. The summed E-state index contributed by atoms with van der Waals surface area (Å²) in [5.74, 6) is -1.92. The molecular formula is C34H28ClF2N7O. The standard InChI is InChI=1S/C34H27F2N7O.ClH/c1-42-17-14-21-11-12-25(19-24(21)20-42)38-34-37-15-13-28(39-34)32-30(40-29-10-2-3-16-43(29)32)22-6-4-7-23(18-22)33(44)41-31-26(35)8-5-9-27(31)36;/h2-13,15-16,18-19H,14,17,20H2,1H3,(H,41,44)(H,37,38,39);1H. The van der Waals surface area contributed by atoms with Gasteiger partial charge in [0.1, 0.15) is 23.0 Å². The van der Waals surface area contributed by atoms with E-state index >= 15 is 0 Å². The van der Waals surface area contributed by atoms with Crippen molar-refractivity contribution in [2.24, 2.45) is 0 Å². The number of hydrogen-bond acceptors (Lipinski definition) is 6. The average molecular weight is 624 g/mol. The summed E-state index contributed by atoms with van der Waals surface area (Å²) in [4.78, 5) is 29.5. The molecule has 2 N–H and O–H groups in total. The Kier molecular flexibility index (Phi) is 8.25. The van der Waals surface area contributed by atoms with Crippen LogP contribution in [0.15, 0.2) is 97.3 Å². The summed E-state index contributed by atoms with van der Waals surface area (Å²) in [7, 11) is 2.12. The number of aromatic nitrogens is 4. The highest BCUT2D eigenvalue weighted by atomic mass is 35.5. The van der Waals surface area contributed by atoms with Crippen LogP contribution in [0.25, 0.3) is 28.3 Å². The predicted octanol–water partition coefficient (Wildman–Crippen LogP) is 7.14. The molecule has 0 spiro atoms. The molecule has 0 radical (unpaired) electrons. The summed E-state index contributed by atoms with van der Waals surface area (Å²) in [6.07, 6.45) is 4.61. The molecule has 45 heavy (non-hydrogen) atoms. The summed E-state index contributed by atoms with van der Waals surface area (Å²) in [5.41, 5.74) is 6.50. The van der Waals surface area contributed by atoms with E-state index in [-0.39, 0.29) is 18.0 Å². The summed E-state index contributed by atoms with van der Waals surface area (Å²) < 4.78 is 30.3. The maximum Gasteiger partial charge on any atom is 0.255 e. The molecular weight excluding hydrogens is 596 g/mol. The first-order valence-corrected chi connectivity index (χ1v) is 14.2. The normalized spacial score (nSPS) is 12.8. The van der Waals surface area contributed by atoms with Crippen molar-refractivity contribution in [3.63, 3.8) is 0 Å². The molecule has 8 nitrogen and oxygen atoms in total. The van der Waals surface area contributed by atoms with Crippen molar-refractivity contribution in [1.82, 2.24) is 24.3 Å². The number of amides is 1. The van der Waals surface area contributed by atoms with Crippen molar-refractivity contribution in [3.05, 3.63) is 126 Å². The monoisotopic (exact) mass is 623 g/mol. The number of para-hydroxylation sites is 1. The van der Waals surface area contributed by atoms with E-state index in [2.05, 4.69) is 39.7 Å². The zero-order valence-electron chi connectivity index (χ0n) is 24.2. The molecule has 0 unspecified atom stereocenters. The van der Waals surface area contributed by atoms with E-state index in [0.717, 1.165) is 37.3 Å². The molecule has 0 fully saturated rings. The van der Waals surface area contributed by atoms with Crippen LogP contribution < -0.4 is 10.6 Å². The molecule has 0 saturated carbocycles. The van der Waals surface area contributed by atoms with Gasteiger partial charge in [-0.25, -0.2) is 23.7 Å². The van der Waals surface area contributed by atoms with Crippen LogP contribution in [0, 0.1) is 11.6 Å². The van der Waals surface area contributed by atoms with Crippen molar-refractivity contribution in [2.45, 2.75) is 13.0 Å². The van der Waals surface area contributed by atoms with Crippen molar-refractivity contribution in [2.75, 3.05) is 24.2 Å². The maximum absolute atomic E-state index is 14.2. The van der Waals surface area contributed by atoms with Gasteiger partial charge in [-0.3, -0.25) is 9.20 Å². The second kappa shape index (κ2) is 12.4. The first-order chi connectivity index (χ1) is 21.4. The van der Waals surface area contributed by atoms with E-state index in [0.29, 0.717) is 34.2 Å². The third kappa shape index (κ3) is 5.98. The SMILES string of the molecule is CN1CCc2ccc(Nc3nccc(-c4c(-c5cccc(C(=O)Nc6c(F)cccc6F)c5)nc5ccccn45)n3)cc2C1.Cl. The van der Waals surface area contributed by atoms with E-state index in [1.807, 2.05) is 47.0 Å².